The molecule has 1 fully saturated rings. The molecule has 3 aromatic rings. The van der Waals surface area contributed by atoms with Gasteiger partial charge in [0, 0.05) is 38.1 Å². The van der Waals surface area contributed by atoms with Gasteiger partial charge in [-0.25, -0.2) is 0 Å². The lowest BCUT2D eigenvalue weighted by Gasteiger charge is -2.39. The van der Waals surface area contributed by atoms with Gasteiger partial charge in [0.2, 0.25) is 0 Å². The summed E-state index contributed by atoms with van der Waals surface area (Å²) in [6, 6.07) is 33.1. The van der Waals surface area contributed by atoms with Crippen molar-refractivity contribution in [3.8, 4) is 0 Å². The number of benzene rings is 3. The van der Waals surface area contributed by atoms with Gasteiger partial charge >= 0.3 is 0 Å². The number of nitrogens with one attached hydrogen (secondary N) is 1. The summed E-state index contributed by atoms with van der Waals surface area (Å²) in [5, 5.41) is 3.84. The Morgan fingerprint density at radius 1 is 0.741 bits per heavy atom. The maximum atomic E-state index is 3.84. The Morgan fingerprint density at radius 3 is 2.00 bits per heavy atom. The molecule has 0 aliphatic carbocycles. The highest BCUT2D eigenvalue weighted by Gasteiger charge is 2.30. The van der Waals surface area contributed by atoms with Gasteiger partial charge in [-0.15, -0.1) is 0 Å². The molecule has 1 heterocycles. The van der Waals surface area contributed by atoms with E-state index in [4.69, 9.17) is 0 Å². The van der Waals surface area contributed by atoms with Crippen LogP contribution >= 0.6 is 0 Å². The van der Waals surface area contributed by atoms with E-state index in [0.717, 1.165) is 26.2 Å². The minimum atomic E-state index is 0.514. The Bertz CT molecular complexity index is 802. The molecule has 1 aliphatic heterocycles. The average molecular weight is 357 g/mol. The van der Waals surface area contributed by atoms with Crippen LogP contribution in [-0.2, 0) is 13.1 Å². The molecule has 0 spiro atoms. The first-order chi connectivity index (χ1) is 13.4. The summed E-state index contributed by atoms with van der Waals surface area (Å²) < 4.78 is 0. The molecule has 138 valence electrons. The molecule has 3 aromatic carbocycles. The summed E-state index contributed by atoms with van der Waals surface area (Å²) in [4.78, 5) is 2.60. The quantitative estimate of drug-likeness (QED) is 0.680. The fourth-order valence-corrected chi connectivity index (χ4v) is 4.13. The van der Waals surface area contributed by atoms with Crippen LogP contribution in [0.3, 0.4) is 0 Å². The highest BCUT2D eigenvalue weighted by molar-refractivity contribution is 5.24. The maximum absolute atomic E-state index is 3.84. The van der Waals surface area contributed by atoms with Crippen molar-refractivity contribution in [3.05, 3.63) is 108 Å². The minimum absolute atomic E-state index is 0.514. The second kappa shape index (κ2) is 8.98. The van der Waals surface area contributed by atoms with Crippen LogP contribution in [0.4, 0.5) is 0 Å². The van der Waals surface area contributed by atoms with Crippen LogP contribution in [-0.4, -0.2) is 24.0 Å². The Hall–Kier alpha value is -2.42. The first kappa shape index (κ1) is 18.0. The van der Waals surface area contributed by atoms with Crippen molar-refractivity contribution in [2.75, 3.05) is 13.1 Å². The van der Waals surface area contributed by atoms with Gasteiger partial charge in [0.15, 0.2) is 0 Å². The minimum Gasteiger partial charge on any atom is -0.309 e. The standard InChI is InChI=1S/C25H28N2/c1-4-10-21(11-5-1)18-26-25-16-17-27(19-22-12-6-2-7-13-22)20-24(25)23-14-8-3-9-15-23/h1-15,24-26H,16-20H2/t24-,25+/m1/s1. The third kappa shape index (κ3) is 4.85. The zero-order valence-electron chi connectivity index (χ0n) is 15.8. The van der Waals surface area contributed by atoms with Gasteiger partial charge in [-0.2, -0.15) is 0 Å². The first-order valence-electron chi connectivity index (χ1n) is 9.97. The number of likely N-dealkylation sites (tertiary alicyclic amines) is 1. The van der Waals surface area contributed by atoms with Crippen molar-refractivity contribution in [1.82, 2.24) is 10.2 Å². The lowest BCUT2D eigenvalue weighted by atomic mass is 9.85. The Balaban J connectivity index is 1.46. The average Bonchev–Trinajstić information content (AvgIpc) is 2.75. The molecule has 0 saturated carbocycles. The van der Waals surface area contributed by atoms with Crippen LogP contribution in [0.15, 0.2) is 91.0 Å². The molecule has 2 nitrogen and oxygen atoms in total. The third-order valence-corrected chi connectivity index (χ3v) is 5.58. The van der Waals surface area contributed by atoms with Gasteiger partial charge in [0.25, 0.3) is 0 Å². The number of piperidine rings is 1. The summed E-state index contributed by atoms with van der Waals surface area (Å²) in [5.74, 6) is 0.521. The second-order valence-corrected chi connectivity index (χ2v) is 7.50. The lowest BCUT2D eigenvalue weighted by Crippen LogP contribution is -2.47. The third-order valence-electron chi connectivity index (χ3n) is 5.58. The van der Waals surface area contributed by atoms with Crippen LogP contribution in [0, 0.1) is 0 Å². The molecule has 0 radical (unpaired) electrons. The van der Waals surface area contributed by atoms with E-state index in [0.29, 0.717) is 12.0 Å². The van der Waals surface area contributed by atoms with Gasteiger partial charge < -0.3 is 5.32 Å². The number of hydrogen-bond donors (Lipinski definition) is 1. The fraction of sp³-hybridized carbons (Fsp3) is 0.280. The number of hydrogen-bond acceptors (Lipinski definition) is 2. The van der Waals surface area contributed by atoms with E-state index in [1.54, 1.807) is 0 Å². The van der Waals surface area contributed by atoms with E-state index >= 15 is 0 Å². The molecule has 4 rings (SSSR count). The van der Waals surface area contributed by atoms with Crippen molar-refractivity contribution < 1.29 is 0 Å². The Kier molecular flexibility index (Phi) is 5.98. The van der Waals surface area contributed by atoms with Gasteiger partial charge in [-0.1, -0.05) is 91.0 Å². The predicted octanol–water partition coefficient (Wildman–Crippen LogP) is 4.83. The van der Waals surface area contributed by atoms with E-state index in [1.165, 1.54) is 23.1 Å². The van der Waals surface area contributed by atoms with Crippen molar-refractivity contribution in [3.63, 3.8) is 0 Å². The summed E-state index contributed by atoms with van der Waals surface area (Å²) in [5.41, 5.74) is 4.21. The largest absolute Gasteiger partial charge is 0.309 e. The topological polar surface area (TPSA) is 15.3 Å². The summed E-state index contributed by atoms with van der Waals surface area (Å²) >= 11 is 0. The van der Waals surface area contributed by atoms with Gasteiger partial charge in [0.1, 0.15) is 0 Å². The predicted molar refractivity (Wildman–Crippen MR) is 113 cm³/mol. The van der Waals surface area contributed by atoms with Gasteiger partial charge in [0.05, 0.1) is 0 Å². The van der Waals surface area contributed by atoms with Crippen molar-refractivity contribution in [1.29, 1.82) is 0 Å². The monoisotopic (exact) mass is 356 g/mol. The van der Waals surface area contributed by atoms with Gasteiger partial charge in [-0.05, 0) is 23.1 Å². The normalized spacial score (nSPS) is 20.4. The van der Waals surface area contributed by atoms with E-state index in [-0.39, 0.29) is 0 Å². The smallest absolute Gasteiger partial charge is 0.0234 e. The summed E-state index contributed by atoms with van der Waals surface area (Å²) in [6.07, 6.45) is 1.18. The van der Waals surface area contributed by atoms with E-state index in [2.05, 4.69) is 101 Å². The maximum Gasteiger partial charge on any atom is 0.0234 e. The van der Waals surface area contributed by atoms with Crippen molar-refractivity contribution >= 4 is 0 Å². The molecule has 2 heteroatoms. The zero-order valence-corrected chi connectivity index (χ0v) is 15.8. The molecule has 27 heavy (non-hydrogen) atoms. The second-order valence-electron chi connectivity index (χ2n) is 7.50. The lowest BCUT2D eigenvalue weighted by molar-refractivity contribution is 0.166. The van der Waals surface area contributed by atoms with Crippen LogP contribution in [0.1, 0.15) is 29.0 Å². The van der Waals surface area contributed by atoms with Crippen LogP contribution in [0.2, 0.25) is 0 Å². The van der Waals surface area contributed by atoms with Crippen molar-refractivity contribution in [2.45, 2.75) is 31.5 Å². The summed E-state index contributed by atoms with van der Waals surface area (Å²) in [6.45, 7) is 4.22. The Morgan fingerprint density at radius 2 is 1.33 bits per heavy atom. The molecule has 1 aliphatic rings. The molecule has 0 bridgehead atoms. The van der Waals surface area contributed by atoms with Crippen LogP contribution in [0.5, 0.6) is 0 Å². The first-order valence-corrected chi connectivity index (χ1v) is 9.97. The van der Waals surface area contributed by atoms with Crippen LogP contribution < -0.4 is 5.32 Å². The van der Waals surface area contributed by atoms with E-state index in [1.807, 2.05) is 0 Å². The highest BCUT2D eigenvalue weighted by atomic mass is 15.1. The molecule has 0 amide bonds. The van der Waals surface area contributed by atoms with Crippen molar-refractivity contribution in [2.24, 2.45) is 0 Å². The molecule has 0 aromatic heterocycles. The van der Waals surface area contributed by atoms with Gasteiger partial charge in [-0.3, -0.25) is 4.90 Å². The van der Waals surface area contributed by atoms with E-state index in [9.17, 15) is 0 Å². The molecule has 2 atom stereocenters. The molecule has 1 N–H and O–H groups in total. The van der Waals surface area contributed by atoms with Crippen LogP contribution in [0.25, 0.3) is 0 Å². The number of nitrogens with zero attached hydrogens (tertiary/aromatic N) is 1. The highest BCUT2D eigenvalue weighted by Crippen LogP contribution is 2.28. The Labute approximate surface area is 162 Å². The molecular formula is C25H28N2. The summed E-state index contributed by atoms with van der Waals surface area (Å²) in [7, 11) is 0. The fourth-order valence-electron chi connectivity index (χ4n) is 4.13. The molecule has 0 unspecified atom stereocenters. The SMILES string of the molecule is c1ccc(CN[C@H]2CCN(Cc3ccccc3)C[C@@H]2c2ccccc2)cc1. The molecular weight excluding hydrogens is 328 g/mol. The number of rotatable bonds is 6. The molecule has 1 saturated heterocycles. The van der Waals surface area contributed by atoms with E-state index < -0.39 is 0 Å². The zero-order chi connectivity index (χ0) is 18.3.